The van der Waals surface area contributed by atoms with Crippen molar-refractivity contribution >= 4 is 18.1 Å². The van der Waals surface area contributed by atoms with Crippen LogP contribution in [0, 0.1) is 22.2 Å². The molecule has 1 fully saturated rings. The molecule has 2 aliphatic heterocycles. The van der Waals surface area contributed by atoms with Crippen LogP contribution in [-0.4, -0.2) is 46.7 Å². The quantitative estimate of drug-likeness (QED) is 0.622. The van der Waals surface area contributed by atoms with E-state index in [9.17, 15) is 18.0 Å². The monoisotopic (exact) mass is 411 g/mol. The zero-order chi connectivity index (χ0) is 20.0. The van der Waals surface area contributed by atoms with Gasteiger partial charge in [0.1, 0.15) is 5.82 Å². The van der Waals surface area contributed by atoms with E-state index in [0.717, 1.165) is 24.2 Å². The fourth-order valence-corrected chi connectivity index (χ4v) is 4.37. The van der Waals surface area contributed by atoms with Crippen molar-refractivity contribution in [2.75, 3.05) is 20.3 Å². The van der Waals surface area contributed by atoms with Crippen LogP contribution in [0.2, 0.25) is 0 Å². The van der Waals surface area contributed by atoms with Gasteiger partial charge < -0.3 is 19.2 Å². The number of fused-ring (bicyclic) bond motifs is 1. The minimum absolute atomic E-state index is 0.0503. The molecule has 0 aliphatic carbocycles. The smallest absolute Gasteiger partial charge is 0.228 e. The summed E-state index contributed by atoms with van der Waals surface area (Å²) in [5.74, 6) is -3.67. The Labute approximate surface area is 165 Å². The minimum atomic E-state index is -1.16. The summed E-state index contributed by atoms with van der Waals surface area (Å²) in [6, 6.07) is 1.77. The second-order valence-corrected chi connectivity index (χ2v) is 7.71. The number of amides is 1. The van der Waals surface area contributed by atoms with Crippen molar-refractivity contribution in [3.63, 3.8) is 0 Å². The first-order valence-electron chi connectivity index (χ1n) is 9.14. The molecule has 2 atom stereocenters. The van der Waals surface area contributed by atoms with E-state index in [1.54, 1.807) is 16.5 Å². The van der Waals surface area contributed by atoms with Gasteiger partial charge in [-0.1, -0.05) is 0 Å². The standard InChI is InChI=1S/C19H20F3N3O2S/c1-24(11-4-5-27-9-11)16(26)7-14-15-6-10(8-25(15)19(28)23-14)17-12(20)2-3-13(21)18(17)22/h2-3,10-11H,4-9H2,1H3,(H,23,28). The highest BCUT2D eigenvalue weighted by Gasteiger charge is 2.33. The van der Waals surface area contributed by atoms with Crippen LogP contribution in [0.4, 0.5) is 13.2 Å². The number of carbonyl (C=O) groups excluding carboxylic acids is 1. The number of hydrogen-bond acceptors (Lipinski definition) is 3. The largest absolute Gasteiger partial charge is 0.379 e. The summed E-state index contributed by atoms with van der Waals surface area (Å²) in [5.41, 5.74) is 1.11. The van der Waals surface area contributed by atoms with Gasteiger partial charge in [-0.3, -0.25) is 4.79 Å². The van der Waals surface area contributed by atoms with Crippen LogP contribution in [-0.2, 0) is 28.9 Å². The number of nitrogens with zero attached hydrogens (tertiary/aromatic N) is 2. The predicted molar refractivity (Wildman–Crippen MR) is 98.1 cm³/mol. The predicted octanol–water partition coefficient (Wildman–Crippen LogP) is 3.09. The Balaban J connectivity index is 1.57. The molecule has 1 aromatic heterocycles. The maximum Gasteiger partial charge on any atom is 0.228 e. The molecule has 3 heterocycles. The topological polar surface area (TPSA) is 50.3 Å². The van der Waals surface area contributed by atoms with Crippen molar-refractivity contribution in [1.82, 2.24) is 14.5 Å². The number of H-pyrrole nitrogens is 1. The SMILES string of the molecule is CN(C(=O)Cc1[nH]c(=S)n2c1CC(c1c(F)ccc(F)c1F)C2)C1CCOC1. The summed E-state index contributed by atoms with van der Waals surface area (Å²) in [7, 11) is 1.74. The van der Waals surface area contributed by atoms with Crippen molar-refractivity contribution in [3.8, 4) is 0 Å². The van der Waals surface area contributed by atoms with E-state index in [4.69, 9.17) is 17.0 Å². The Morgan fingerprint density at radius 1 is 1.36 bits per heavy atom. The molecule has 5 nitrogen and oxygen atoms in total. The third-order valence-electron chi connectivity index (χ3n) is 5.68. The molecule has 0 saturated carbocycles. The van der Waals surface area contributed by atoms with Gasteiger partial charge in [-0.2, -0.15) is 0 Å². The molecule has 2 aliphatic rings. The van der Waals surface area contributed by atoms with E-state index in [2.05, 4.69) is 4.98 Å². The summed E-state index contributed by atoms with van der Waals surface area (Å²) in [6.07, 6.45) is 1.19. The molecule has 28 heavy (non-hydrogen) atoms. The lowest BCUT2D eigenvalue weighted by molar-refractivity contribution is -0.131. The normalized spacial score (nSPS) is 21.1. The Hall–Kier alpha value is -2.13. The summed E-state index contributed by atoms with van der Waals surface area (Å²) < 4.78 is 49.4. The van der Waals surface area contributed by atoms with E-state index in [0.29, 0.717) is 23.7 Å². The molecule has 1 saturated heterocycles. The van der Waals surface area contributed by atoms with Crippen LogP contribution in [0.3, 0.4) is 0 Å². The summed E-state index contributed by atoms with van der Waals surface area (Å²) in [5, 5.41) is 0. The molecule has 2 unspecified atom stereocenters. The second-order valence-electron chi connectivity index (χ2n) is 7.32. The number of rotatable bonds is 4. The van der Waals surface area contributed by atoms with Crippen molar-refractivity contribution in [2.24, 2.45) is 0 Å². The highest BCUT2D eigenvalue weighted by molar-refractivity contribution is 7.71. The summed E-state index contributed by atoms with van der Waals surface area (Å²) in [6.45, 7) is 1.40. The van der Waals surface area contributed by atoms with Gasteiger partial charge in [-0.05, 0) is 37.2 Å². The van der Waals surface area contributed by atoms with E-state index in [1.165, 1.54) is 0 Å². The Morgan fingerprint density at radius 3 is 2.82 bits per heavy atom. The second kappa shape index (κ2) is 7.36. The highest BCUT2D eigenvalue weighted by atomic mass is 32.1. The number of carbonyl (C=O) groups is 1. The number of nitrogens with one attached hydrogen (secondary N) is 1. The van der Waals surface area contributed by atoms with E-state index < -0.39 is 23.4 Å². The van der Waals surface area contributed by atoms with E-state index in [-0.39, 0.29) is 36.9 Å². The lowest BCUT2D eigenvalue weighted by Gasteiger charge is -2.23. The van der Waals surface area contributed by atoms with Crippen LogP contribution in [0.1, 0.15) is 29.3 Å². The van der Waals surface area contributed by atoms with Gasteiger partial charge >= 0.3 is 0 Å². The number of aromatic nitrogens is 2. The van der Waals surface area contributed by atoms with Crippen molar-refractivity contribution < 1.29 is 22.7 Å². The van der Waals surface area contributed by atoms with Gasteiger partial charge in [-0.15, -0.1) is 0 Å². The summed E-state index contributed by atoms with van der Waals surface area (Å²) in [4.78, 5) is 17.4. The number of hydrogen-bond donors (Lipinski definition) is 1. The van der Waals surface area contributed by atoms with Crippen molar-refractivity contribution in [2.45, 2.75) is 37.8 Å². The van der Waals surface area contributed by atoms with Gasteiger partial charge in [0.15, 0.2) is 16.4 Å². The van der Waals surface area contributed by atoms with Crippen molar-refractivity contribution in [1.29, 1.82) is 0 Å². The molecule has 0 spiro atoms. The fraction of sp³-hybridized carbons (Fsp3) is 0.474. The molecule has 1 amide bonds. The van der Waals surface area contributed by atoms with Crippen LogP contribution < -0.4 is 0 Å². The van der Waals surface area contributed by atoms with Gasteiger partial charge in [0.05, 0.1) is 19.1 Å². The summed E-state index contributed by atoms with van der Waals surface area (Å²) >= 11 is 5.32. The molecule has 9 heteroatoms. The number of halogens is 3. The number of benzene rings is 1. The molecule has 150 valence electrons. The first-order chi connectivity index (χ1) is 13.4. The lowest BCUT2D eigenvalue weighted by Crippen LogP contribution is -2.38. The third-order valence-corrected chi connectivity index (χ3v) is 6.00. The van der Waals surface area contributed by atoms with Gasteiger partial charge in [0.25, 0.3) is 0 Å². The average Bonchev–Trinajstić information content (AvgIpc) is 3.38. The minimum Gasteiger partial charge on any atom is -0.379 e. The molecular weight excluding hydrogens is 391 g/mol. The Morgan fingerprint density at radius 2 is 2.11 bits per heavy atom. The molecule has 1 N–H and O–H groups in total. The molecule has 2 aromatic rings. The van der Waals surface area contributed by atoms with Gasteiger partial charge in [-0.25, -0.2) is 13.2 Å². The Bertz CT molecular complexity index is 982. The zero-order valence-corrected chi connectivity index (χ0v) is 16.1. The van der Waals surface area contributed by atoms with Crippen molar-refractivity contribution in [3.05, 3.63) is 51.3 Å². The van der Waals surface area contributed by atoms with Crippen LogP contribution in [0.15, 0.2) is 12.1 Å². The maximum absolute atomic E-state index is 14.2. The highest BCUT2D eigenvalue weighted by Crippen LogP contribution is 2.35. The number of likely N-dealkylation sites (N-methyl/N-ethyl adjacent to an activating group) is 1. The maximum atomic E-state index is 14.2. The Kier molecular flexibility index (Phi) is 5.05. The van der Waals surface area contributed by atoms with Crippen LogP contribution in [0.5, 0.6) is 0 Å². The molecule has 0 bridgehead atoms. The average molecular weight is 411 g/mol. The molecule has 0 radical (unpaired) electrons. The lowest BCUT2D eigenvalue weighted by atomic mass is 9.95. The third kappa shape index (κ3) is 3.26. The van der Waals surface area contributed by atoms with Gasteiger partial charge in [0.2, 0.25) is 5.91 Å². The van der Waals surface area contributed by atoms with E-state index in [1.807, 2.05) is 0 Å². The van der Waals surface area contributed by atoms with Gasteiger partial charge in [0, 0.05) is 43.1 Å². The number of imidazole rings is 1. The molecular formula is C19H20F3N3O2S. The first kappa shape index (κ1) is 19.2. The fourth-order valence-electron chi connectivity index (χ4n) is 4.06. The molecule has 4 rings (SSSR count). The zero-order valence-electron chi connectivity index (χ0n) is 15.3. The van der Waals surface area contributed by atoms with E-state index >= 15 is 0 Å². The molecule has 1 aromatic carbocycles. The number of ether oxygens (including phenoxy) is 1. The van der Waals surface area contributed by atoms with Crippen LogP contribution >= 0.6 is 12.2 Å². The van der Waals surface area contributed by atoms with Crippen LogP contribution in [0.25, 0.3) is 0 Å². The first-order valence-corrected chi connectivity index (χ1v) is 9.55. The number of aromatic amines is 1.